The molecule has 1 fully saturated rings. The lowest BCUT2D eigenvalue weighted by molar-refractivity contribution is 0.0487. The number of carbonyl (C=O) groups excluding carboxylic acids is 1. The molecule has 0 aromatic heterocycles. The van der Waals surface area contributed by atoms with E-state index < -0.39 is 5.60 Å². The fourth-order valence-corrected chi connectivity index (χ4v) is 2.24. The van der Waals surface area contributed by atoms with Gasteiger partial charge in [0.15, 0.2) is 0 Å². The lowest BCUT2D eigenvalue weighted by atomic mass is 9.82. The summed E-state index contributed by atoms with van der Waals surface area (Å²) in [7, 11) is 0. The molecule has 3 heteroatoms. The first-order chi connectivity index (χ1) is 7.78. The Morgan fingerprint density at radius 2 is 2.00 bits per heavy atom. The number of amides is 1. The van der Waals surface area contributed by atoms with Gasteiger partial charge in [-0.2, -0.15) is 0 Å². The third-order valence-electron chi connectivity index (χ3n) is 3.09. The van der Waals surface area contributed by atoms with Crippen molar-refractivity contribution < 1.29 is 9.53 Å². The zero-order valence-electron chi connectivity index (χ0n) is 11.5. The second-order valence-electron chi connectivity index (χ2n) is 6.05. The van der Waals surface area contributed by atoms with E-state index in [1.807, 2.05) is 20.8 Å². The number of hydrogen-bond donors (Lipinski definition) is 1. The number of ether oxygens (including phenoxy) is 1. The van der Waals surface area contributed by atoms with Gasteiger partial charge in [0, 0.05) is 6.04 Å². The molecule has 0 radical (unpaired) electrons. The molecule has 17 heavy (non-hydrogen) atoms. The molecule has 0 aromatic rings. The Labute approximate surface area is 105 Å². The number of nitrogens with one attached hydrogen (secondary N) is 1. The van der Waals surface area contributed by atoms with Gasteiger partial charge >= 0.3 is 6.09 Å². The Bertz CT molecular complexity index is 291. The molecular weight excluding hydrogens is 214 g/mol. The lowest BCUT2D eigenvalue weighted by Gasteiger charge is -2.30. The maximum Gasteiger partial charge on any atom is 0.407 e. The van der Waals surface area contributed by atoms with Crippen LogP contribution in [0.1, 0.15) is 53.4 Å². The largest absolute Gasteiger partial charge is 0.444 e. The van der Waals surface area contributed by atoms with Gasteiger partial charge in [0.05, 0.1) is 0 Å². The number of allylic oxidation sites excluding steroid dienone is 1. The van der Waals surface area contributed by atoms with Crippen molar-refractivity contribution in [2.45, 2.75) is 65.0 Å². The van der Waals surface area contributed by atoms with Crippen LogP contribution in [0.15, 0.2) is 12.2 Å². The summed E-state index contributed by atoms with van der Waals surface area (Å²) in [5.41, 5.74) is 0.799. The van der Waals surface area contributed by atoms with Gasteiger partial charge in [0.2, 0.25) is 0 Å². The number of rotatable bonds is 2. The Morgan fingerprint density at radius 1 is 1.35 bits per heavy atom. The van der Waals surface area contributed by atoms with Crippen LogP contribution >= 0.6 is 0 Å². The van der Waals surface area contributed by atoms with Crippen molar-refractivity contribution in [1.29, 1.82) is 0 Å². The van der Waals surface area contributed by atoms with Crippen LogP contribution in [-0.2, 0) is 4.74 Å². The lowest BCUT2D eigenvalue weighted by Crippen LogP contribution is -2.41. The van der Waals surface area contributed by atoms with Gasteiger partial charge in [-0.15, -0.1) is 0 Å². The molecule has 1 amide bonds. The summed E-state index contributed by atoms with van der Waals surface area (Å²) >= 11 is 0. The van der Waals surface area contributed by atoms with Gasteiger partial charge in [0.1, 0.15) is 5.60 Å². The minimum Gasteiger partial charge on any atom is -0.444 e. The summed E-state index contributed by atoms with van der Waals surface area (Å²) in [4.78, 5) is 11.6. The van der Waals surface area contributed by atoms with Crippen LogP contribution in [-0.4, -0.2) is 17.7 Å². The van der Waals surface area contributed by atoms with Crippen LogP contribution in [0.25, 0.3) is 0 Å². The summed E-state index contributed by atoms with van der Waals surface area (Å²) in [6, 6.07) is 0.236. The topological polar surface area (TPSA) is 38.3 Å². The number of carbonyl (C=O) groups is 1. The van der Waals surface area contributed by atoms with Crippen molar-refractivity contribution in [3.05, 3.63) is 12.2 Å². The van der Waals surface area contributed by atoms with E-state index >= 15 is 0 Å². The van der Waals surface area contributed by atoms with E-state index in [2.05, 4.69) is 18.8 Å². The average molecular weight is 239 g/mol. The van der Waals surface area contributed by atoms with Gasteiger partial charge in [0.25, 0.3) is 0 Å². The van der Waals surface area contributed by atoms with Gasteiger partial charge < -0.3 is 10.1 Å². The molecule has 2 atom stereocenters. The van der Waals surface area contributed by atoms with E-state index in [0.29, 0.717) is 5.92 Å². The van der Waals surface area contributed by atoms with E-state index in [1.54, 1.807) is 0 Å². The van der Waals surface area contributed by atoms with E-state index in [4.69, 9.17) is 4.74 Å². The van der Waals surface area contributed by atoms with E-state index in [0.717, 1.165) is 19.3 Å². The number of alkyl carbamates (subject to hydrolysis) is 1. The molecule has 98 valence electrons. The summed E-state index contributed by atoms with van der Waals surface area (Å²) in [5.74, 6) is 0.545. The van der Waals surface area contributed by atoms with Crippen LogP contribution in [0.2, 0.25) is 0 Å². The highest BCUT2D eigenvalue weighted by Crippen LogP contribution is 2.29. The molecule has 3 nitrogen and oxygen atoms in total. The fraction of sp³-hybridized carbons (Fsp3) is 0.786. The van der Waals surface area contributed by atoms with Gasteiger partial charge in [-0.05, 0) is 52.9 Å². The Balaban J connectivity index is 2.41. The van der Waals surface area contributed by atoms with Crippen LogP contribution in [0, 0.1) is 5.92 Å². The second kappa shape index (κ2) is 5.56. The summed E-state index contributed by atoms with van der Waals surface area (Å²) in [6.07, 6.45) is 4.09. The normalized spacial score (nSPS) is 25.2. The van der Waals surface area contributed by atoms with Crippen LogP contribution in [0.3, 0.4) is 0 Å². The number of hydrogen-bond acceptors (Lipinski definition) is 2. The van der Waals surface area contributed by atoms with Crippen molar-refractivity contribution in [1.82, 2.24) is 5.32 Å². The molecule has 0 aliphatic heterocycles. The highest BCUT2D eigenvalue weighted by molar-refractivity contribution is 5.68. The zero-order valence-corrected chi connectivity index (χ0v) is 11.5. The van der Waals surface area contributed by atoms with Crippen molar-refractivity contribution in [3.8, 4) is 0 Å². The average Bonchev–Trinajstić information content (AvgIpc) is 2.14. The molecule has 0 unspecified atom stereocenters. The van der Waals surface area contributed by atoms with Crippen LogP contribution in [0.5, 0.6) is 0 Å². The quantitative estimate of drug-likeness (QED) is 0.747. The predicted octanol–water partition coefficient (Wildman–Crippen LogP) is 3.65. The Hall–Kier alpha value is -0.990. The molecule has 1 saturated carbocycles. The molecule has 1 aliphatic carbocycles. The van der Waals surface area contributed by atoms with Crippen molar-refractivity contribution in [2.24, 2.45) is 5.92 Å². The standard InChI is InChI=1S/C14H25NO2/c1-10(2)11-7-6-8-12(9-11)15-13(16)17-14(3,4)5/h11-12H,1,6-9H2,2-5H3,(H,15,16)/t11-,12+/m1/s1. The van der Waals surface area contributed by atoms with E-state index in [1.165, 1.54) is 12.0 Å². The highest BCUT2D eigenvalue weighted by Gasteiger charge is 2.25. The summed E-state index contributed by atoms with van der Waals surface area (Å²) < 4.78 is 5.26. The minimum atomic E-state index is -0.424. The third kappa shape index (κ3) is 5.24. The SMILES string of the molecule is C=C(C)[C@@H]1CCC[C@H](NC(=O)OC(C)(C)C)C1. The molecule has 1 N–H and O–H groups in total. The predicted molar refractivity (Wildman–Crippen MR) is 69.9 cm³/mol. The van der Waals surface area contributed by atoms with Gasteiger partial charge in [-0.1, -0.05) is 18.6 Å². The van der Waals surface area contributed by atoms with Gasteiger partial charge in [-0.3, -0.25) is 0 Å². The second-order valence-corrected chi connectivity index (χ2v) is 6.05. The molecule has 0 aromatic carbocycles. The molecule has 1 rings (SSSR count). The first-order valence-electron chi connectivity index (χ1n) is 6.43. The summed E-state index contributed by atoms with van der Waals surface area (Å²) in [6.45, 7) is 11.7. The van der Waals surface area contributed by atoms with Crippen molar-refractivity contribution in [3.63, 3.8) is 0 Å². The first-order valence-corrected chi connectivity index (χ1v) is 6.43. The first kappa shape index (κ1) is 14.1. The maximum absolute atomic E-state index is 11.6. The Morgan fingerprint density at radius 3 is 2.53 bits per heavy atom. The maximum atomic E-state index is 11.6. The minimum absolute atomic E-state index is 0.236. The summed E-state index contributed by atoms with van der Waals surface area (Å²) in [5, 5.41) is 2.96. The van der Waals surface area contributed by atoms with Gasteiger partial charge in [-0.25, -0.2) is 4.79 Å². The molecule has 0 heterocycles. The molecule has 1 aliphatic rings. The monoisotopic (exact) mass is 239 g/mol. The highest BCUT2D eigenvalue weighted by atomic mass is 16.6. The van der Waals surface area contributed by atoms with Crippen LogP contribution < -0.4 is 5.32 Å². The fourth-order valence-electron chi connectivity index (χ4n) is 2.24. The molecule has 0 saturated heterocycles. The van der Waals surface area contributed by atoms with E-state index in [-0.39, 0.29) is 12.1 Å². The van der Waals surface area contributed by atoms with Crippen molar-refractivity contribution in [2.75, 3.05) is 0 Å². The third-order valence-corrected chi connectivity index (χ3v) is 3.09. The van der Waals surface area contributed by atoms with E-state index in [9.17, 15) is 4.79 Å². The van der Waals surface area contributed by atoms with Crippen molar-refractivity contribution >= 4 is 6.09 Å². The smallest absolute Gasteiger partial charge is 0.407 e. The molecular formula is C14H25NO2. The molecule has 0 spiro atoms. The zero-order chi connectivity index (χ0) is 13.1. The Kier molecular flexibility index (Phi) is 4.61. The van der Waals surface area contributed by atoms with Crippen LogP contribution in [0.4, 0.5) is 4.79 Å². The molecule has 0 bridgehead atoms.